The van der Waals surface area contributed by atoms with Crippen LogP contribution in [0.15, 0.2) is 28.6 Å². The number of carbonyl (C=O) groups is 1. The SMILES string of the molecule is CCCCNc1nnc(SCC(=O)N(CCC)Cc2ccc(C)cc2)s1. The lowest BCUT2D eigenvalue weighted by atomic mass is 10.1. The number of aryl methyl sites for hydroxylation is 1. The van der Waals surface area contributed by atoms with Crippen molar-refractivity contribution in [3.05, 3.63) is 35.4 Å². The zero-order valence-electron chi connectivity index (χ0n) is 15.8. The fourth-order valence-corrected chi connectivity index (χ4v) is 4.08. The summed E-state index contributed by atoms with van der Waals surface area (Å²) in [6, 6.07) is 8.37. The number of rotatable bonds is 11. The van der Waals surface area contributed by atoms with Crippen molar-refractivity contribution in [3.8, 4) is 0 Å². The fourth-order valence-electron chi connectivity index (χ4n) is 2.40. The second-order valence-corrected chi connectivity index (χ2v) is 8.44. The molecule has 0 fully saturated rings. The highest BCUT2D eigenvalue weighted by molar-refractivity contribution is 8.01. The summed E-state index contributed by atoms with van der Waals surface area (Å²) < 4.78 is 0.837. The number of nitrogens with one attached hydrogen (secondary N) is 1. The molecule has 0 saturated heterocycles. The lowest BCUT2D eigenvalue weighted by molar-refractivity contribution is -0.129. The van der Waals surface area contributed by atoms with Crippen LogP contribution in [0.3, 0.4) is 0 Å². The van der Waals surface area contributed by atoms with Gasteiger partial charge in [0, 0.05) is 19.6 Å². The maximum Gasteiger partial charge on any atom is 0.233 e. The van der Waals surface area contributed by atoms with Gasteiger partial charge in [0.1, 0.15) is 0 Å². The van der Waals surface area contributed by atoms with E-state index in [-0.39, 0.29) is 5.91 Å². The molecular formula is C19H28N4OS2. The minimum Gasteiger partial charge on any atom is -0.360 e. The van der Waals surface area contributed by atoms with Crippen LogP contribution in [0.25, 0.3) is 0 Å². The molecule has 26 heavy (non-hydrogen) atoms. The molecule has 0 aliphatic carbocycles. The molecule has 0 spiro atoms. The van der Waals surface area contributed by atoms with E-state index in [1.807, 2.05) is 4.90 Å². The van der Waals surface area contributed by atoms with E-state index in [1.165, 1.54) is 34.2 Å². The summed E-state index contributed by atoms with van der Waals surface area (Å²) in [5.41, 5.74) is 2.40. The van der Waals surface area contributed by atoms with Crippen LogP contribution in [0.2, 0.25) is 0 Å². The van der Waals surface area contributed by atoms with Gasteiger partial charge in [0.05, 0.1) is 5.75 Å². The van der Waals surface area contributed by atoms with Gasteiger partial charge in [-0.15, -0.1) is 10.2 Å². The number of thioether (sulfide) groups is 1. The van der Waals surface area contributed by atoms with Crippen LogP contribution >= 0.6 is 23.1 Å². The third kappa shape index (κ3) is 6.96. The van der Waals surface area contributed by atoms with Gasteiger partial charge in [-0.05, 0) is 25.3 Å². The third-order valence-corrected chi connectivity index (χ3v) is 5.87. The Labute approximate surface area is 164 Å². The second-order valence-electron chi connectivity index (χ2n) is 6.24. The van der Waals surface area contributed by atoms with Crippen molar-refractivity contribution in [3.63, 3.8) is 0 Å². The van der Waals surface area contributed by atoms with Gasteiger partial charge in [-0.3, -0.25) is 4.79 Å². The summed E-state index contributed by atoms with van der Waals surface area (Å²) in [7, 11) is 0. The maximum absolute atomic E-state index is 12.6. The Morgan fingerprint density at radius 3 is 2.65 bits per heavy atom. The Morgan fingerprint density at radius 2 is 1.96 bits per heavy atom. The molecule has 1 aromatic heterocycles. The van der Waals surface area contributed by atoms with Crippen molar-refractivity contribution in [2.75, 3.05) is 24.2 Å². The molecule has 1 heterocycles. The van der Waals surface area contributed by atoms with E-state index >= 15 is 0 Å². The molecule has 0 bridgehead atoms. The first-order valence-corrected chi connectivity index (χ1v) is 11.0. The van der Waals surface area contributed by atoms with Crippen molar-refractivity contribution in [2.24, 2.45) is 0 Å². The van der Waals surface area contributed by atoms with Gasteiger partial charge >= 0.3 is 0 Å². The smallest absolute Gasteiger partial charge is 0.233 e. The number of hydrogen-bond acceptors (Lipinski definition) is 6. The summed E-state index contributed by atoms with van der Waals surface area (Å²) in [6.45, 7) is 8.67. The molecule has 0 aliphatic rings. The van der Waals surface area contributed by atoms with Crippen molar-refractivity contribution in [1.29, 1.82) is 0 Å². The zero-order chi connectivity index (χ0) is 18.8. The van der Waals surface area contributed by atoms with E-state index in [1.54, 1.807) is 0 Å². The zero-order valence-corrected chi connectivity index (χ0v) is 17.5. The normalized spacial score (nSPS) is 10.7. The van der Waals surface area contributed by atoms with Crippen molar-refractivity contribution < 1.29 is 4.79 Å². The average molecular weight is 393 g/mol. The highest BCUT2D eigenvalue weighted by atomic mass is 32.2. The Hall–Kier alpha value is -1.60. The first-order chi connectivity index (χ1) is 12.6. The van der Waals surface area contributed by atoms with E-state index < -0.39 is 0 Å². The minimum atomic E-state index is 0.146. The number of hydrogen-bond donors (Lipinski definition) is 1. The topological polar surface area (TPSA) is 58.1 Å². The van der Waals surface area contributed by atoms with Gasteiger partial charge in [0.2, 0.25) is 11.0 Å². The van der Waals surface area contributed by atoms with Gasteiger partial charge in [0.15, 0.2) is 4.34 Å². The number of amides is 1. The molecule has 0 atom stereocenters. The molecule has 0 aliphatic heterocycles. The molecular weight excluding hydrogens is 364 g/mol. The minimum absolute atomic E-state index is 0.146. The fraction of sp³-hybridized carbons (Fsp3) is 0.526. The molecule has 1 N–H and O–H groups in total. The first-order valence-electron chi connectivity index (χ1n) is 9.15. The molecule has 1 amide bonds. The lowest BCUT2D eigenvalue weighted by Crippen LogP contribution is -2.32. The third-order valence-electron chi connectivity index (χ3n) is 3.87. The van der Waals surface area contributed by atoms with Gasteiger partial charge < -0.3 is 10.2 Å². The summed E-state index contributed by atoms with van der Waals surface area (Å²) in [5, 5.41) is 12.4. The summed E-state index contributed by atoms with van der Waals surface area (Å²) in [6.07, 6.45) is 3.22. The molecule has 5 nitrogen and oxygen atoms in total. The predicted octanol–water partition coefficient (Wildman–Crippen LogP) is 4.59. The average Bonchev–Trinajstić information content (AvgIpc) is 3.09. The molecule has 2 aromatic rings. The standard InChI is InChI=1S/C19H28N4OS2/c1-4-6-11-20-18-21-22-19(26-18)25-14-17(24)23(12-5-2)13-16-9-7-15(3)8-10-16/h7-10H,4-6,11-14H2,1-3H3,(H,20,21). The first kappa shape index (κ1) is 20.7. The molecule has 2 rings (SSSR count). The Morgan fingerprint density at radius 1 is 1.19 bits per heavy atom. The van der Waals surface area contributed by atoms with Crippen LogP contribution in [0.5, 0.6) is 0 Å². The van der Waals surface area contributed by atoms with E-state index in [2.05, 4.69) is 60.6 Å². The van der Waals surface area contributed by atoms with Gasteiger partial charge in [-0.25, -0.2) is 0 Å². The molecule has 0 saturated carbocycles. The quantitative estimate of drug-likeness (QED) is 0.448. The van der Waals surface area contributed by atoms with Crippen LogP contribution in [0.4, 0.5) is 5.13 Å². The highest BCUT2D eigenvalue weighted by Gasteiger charge is 2.15. The van der Waals surface area contributed by atoms with E-state index in [4.69, 9.17) is 0 Å². The largest absolute Gasteiger partial charge is 0.360 e. The number of unbranched alkanes of at least 4 members (excludes halogenated alkanes) is 1. The molecule has 0 radical (unpaired) electrons. The number of aromatic nitrogens is 2. The molecule has 1 aromatic carbocycles. The lowest BCUT2D eigenvalue weighted by Gasteiger charge is -2.22. The predicted molar refractivity (Wildman–Crippen MR) is 111 cm³/mol. The number of carbonyl (C=O) groups excluding carboxylic acids is 1. The van der Waals surface area contributed by atoms with Crippen molar-refractivity contribution >= 4 is 34.1 Å². The maximum atomic E-state index is 12.6. The van der Waals surface area contributed by atoms with Crippen LogP contribution in [0, 0.1) is 6.92 Å². The Kier molecular flexibility index (Phi) is 8.91. The van der Waals surface area contributed by atoms with Crippen LogP contribution in [-0.2, 0) is 11.3 Å². The highest BCUT2D eigenvalue weighted by Crippen LogP contribution is 2.26. The summed E-state index contributed by atoms with van der Waals surface area (Å²) in [5.74, 6) is 0.545. The van der Waals surface area contributed by atoms with Crippen molar-refractivity contribution in [2.45, 2.75) is 50.9 Å². The van der Waals surface area contributed by atoms with Crippen LogP contribution in [-0.4, -0.2) is 39.8 Å². The number of anilines is 1. The molecule has 0 unspecified atom stereocenters. The second kappa shape index (κ2) is 11.2. The monoisotopic (exact) mass is 392 g/mol. The summed E-state index contributed by atoms with van der Waals surface area (Å²) in [4.78, 5) is 14.6. The van der Waals surface area contributed by atoms with E-state index in [9.17, 15) is 4.79 Å². The Balaban J connectivity index is 1.85. The van der Waals surface area contributed by atoms with Gasteiger partial charge in [-0.1, -0.05) is 73.2 Å². The molecule has 142 valence electrons. The van der Waals surface area contributed by atoms with Crippen molar-refractivity contribution in [1.82, 2.24) is 15.1 Å². The van der Waals surface area contributed by atoms with Crippen LogP contribution < -0.4 is 5.32 Å². The van der Waals surface area contributed by atoms with Gasteiger partial charge in [0.25, 0.3) is 0 Å². The number of benzene rings is 1. The van der Waals surface area contributed by atoms with Gasteiger partial charge in [-0.2, -0.15) is 0 Å². The van der Waals surface area contributed by atoms with Crippen LogP contribution in [0.1, 0.15) is 44.2 Å². The number of nitrogens with zero attached hydrogens (tertiary/aromatic N) is 3. The van der Waals surface area contributed by atoms with E-state index in [0.29, 0.717) is 12.3 Å². The molecule has 7 heteroatoms. The Bertz CT molecular complexity index is 672. The van der Waals surface area contributed by atoms with E-state index in [0.717, 1.165) is 41.8 Å². The summed E-state index contributed by atoms with van der Waals surface area (Å²) >= 11 is 2.98.